The van der Waals surface area contributed by atoms with Crippen LogP contribution in [0.4, 0.5) is 4.79 Å². The largest absolute Gasteiger partial charge is 0.448 e. The normalized spacial score (nSPS) is 14.0. The van der Waals surface area contributed by atoms with Crippen molar-refractivity contribution in [2.75, 3.05) is 34.8 Å². The van der Waals surface area contributed by atoms with E-state index in [0.717, 1.165) is 27.8 Å². The lowest BCUT2D eigenvalue weighted by atomic mass is 9.79. The molecular weight excluding hydrogens is 750 g/mol. The van der Waals surface area contributed by atoms with Crippen molar-refractivity contribution < 1.29 is 28.7 Å². The molecule has 58 heavy (non-hydrogen) atoms. The number of nitrogens with zero attached hydrogens (tertiary/aromatic N) is 3. The molecule has 3 amide bonds. The summed E-state index contributed by atoms with van der Waals surface area (Å²) in [4.78, 5) is 60.6. The molecule has 0 heterocycles. The van der Waals surface area contributed by atoms with Crippen LogP contribution in [0.2, 0.25) is 5.02 Å². The fraction of sp³-hybridized carbons (Fsp3) is 0.292. The molecule has 1 unspecified atom stereocenters. The molecule has 0 radical (unpaired) electrons. The van der Waals surface area contributed by atoms with E-state index in [9.17, 15) is 19.2 Å². The Morgan fingerprint density at radius 1 is 0.672 bits per heavy atom. The molecule has 0 fully saturated rings. The van der Waals surface area contributed by atoms with Gasteiger partial charge in [0.15, 0.2) is 5.60 Å². The third-order valence-electron chi connectivity index (χ3n) is 11.0. The van der Waals surface area contributed by atoms with Gasteiger partial charge in [-0.15, -0.1) is 0 Å². The molecule has 0 N–H and O–H groups in total. The fourth-order valence-electron chi connectivity index (χ4n) is 7.99. The molecule has 6 rings (SSSR count). The first kappa shape index (κ1) is 41.7. The lowest BCUT2D eigenvalue weighted by Crippen LogP contribution is -2.56. The van der Waals surface area contributed by atoms with Crippen LogP contribution in [0.15, 0.2) is 127 Å². The average molecular weight is 800 g/mol. The standard InChI is InChI=1S/C48H50ClN3O6/c1-31(2)44(52(7)47(56)57-30-39-37-21-13-11-19-35(37)36-20-12-14-22-38(36)39)46(55)51(6)42(45(54)50(4)5)29-43(53)58-48(33-17-9-8-10-18-33,34-27-25-32(3)26-28-34)40-23-15-16-24-41(40)49/h8-28,31,39,42,44H,29-30H2,1-7H3/t42-,44+,48?/m1/s1. The molecule has 0 aromatic heterocycles. The number of aryl methyl sites for hydroxylation is 1. The summed E-state index contributed by atoms with van der Waals surface area (Å²) in [6.45, 7) is 5.69. The van der Waals surface area contributed by atoms with E-state index in [2.05, 4.69) is 12.1 Å². The molecule has 1 aliphatic carbocycles. The zero-order valence-corrected chi connectivity index (χ0v) is 34.8. The van der Waals surface area contributed by atoms with Gasteiger partial charge in [-0.05, 0) is 41.2 Å². The monoisotopic (exact) mass is 799 g/mol. The van der Waals surface area contributed by atoms with Crippen molar-refractivity contribution in [3.63, 3.8) is 0 Å². The van der Waals surface area contributed by atoms with Gasteiger partial charge in [-0.1, -0.05) is 152 Å². The Hall–Kier alpha value is -5.93. The van der Waals surface area contributed by atoms with Crippen molar-refractivity contribution in [1.82, 2.24) is 14.7 Å². The summed E-state index contributed by atoms with van der Waals surface area (Å²) >= 11 is 6.89. The van der Waals surface area contributed by atoms with Crippen LogP contribution in [0.25, 0.3) is 11.1 Å². The Labute approximate surface area is 346 Å². The van der Waals surface area contributed by atoms with Gasteiger partial charge in [0.25, 0.3) is 0 Å². The van der Waals surface area contributed by atoms with Gasteiger partial charge in [0.2, 0.25) is 11.8 Å². The molecule has 5 aromatic rings. The fourth-order valence-corrected chi connectivity index (χ4v) is 8.26. The summed E-state index contributed by atoms with van der Waals surface area (Å²) in [5, 5.41) is 0.379. The maximum absolute atomic E-state index is 14.5. The van der Waals surface area contributed by atoms with Crippen LogP contribution in [0.3, 0.4) is 0 Å². The van der Waals surface area contributed by atoms with Crippen molar-refractivity contribution >= 4 is 35.5 Å². The van der Waals surface area contributed by atoms with E-state index >= 15 is 0 Å². The zero-order chi connectivity index (χ0) is 41.7. The molecular formula is C48H50ClN3O6. The van der Waals surface area contributed by atoms with Crippen molar-refractivity contribution in [2.24, 2.45) is 5.92 Å². The molecule has 3 atom stereocenters. The maximum Gasteiger partial charge on any atom is 0.410 e. The topological polar surface area (TPSA) is 96.5 Å². The lowest BCUT2D eigenvalue weighted by Gasteiger charge is -2.38. The highest BCUT2D eigenvalue weighted by Gasteiger charge is 2.44. The van der Waals surface area contributed by atoms with E-state index < -0.39 is 48.0 Å². The van der Waals surface area contributed by atoms with E-state index in [0.29, 0.717) is 21.7 Å². The predicted octanol–water partition coefficient (Wildman–Crippen LogP) is 8.69. The number of hydrogen-bond donors (Lipinski definition) is 0. The van der Waals surface area contributed by atoms with Crippen LogP contribution >= 0.6 is 11.6 Å². The first-order valence-electron chi connectivity index (χ1n) is 19.4. The molecule has 10 heteroatoms. The molecule has 0 saturated carbocycles. The summed E-state index contributed by atoms with van der Waals surface area (Å²) in [5.74, 6) is -2.30. The summed E-state index contributed by atoms with van der Waals surface area (Å²) in [7, 11) is 6.12. The summed E-state index contributed by atoms with van der Waals surface area (Å²) in [6.07, 6.45) is -1.16. The van der Waals surface area contributed by atoms with Gasteiger partial charge in [0, 0.05) is 55.8 Å². The predicted molar refractivity (Wildman–Crippen MR) is 226 cm³/mol. The van der Waals surface area contributed by atoms with Crippen LogP contribution < -0.4 is 0 Å². The summed E-state index contributed by atoms with van der Waals surface area (Å²) < 4.78 is 12.5. The zero-order valence-electron chi connectivity index (χ0n) is 34.0. The lowest BCUT2D eigenvalue weighted by molar-refractivity contribution is -0.159. The van der Waals surface area contributed by atoms with Crippen LogP contribution in [0.5, 0.6) is 0 Å². The van der Waals surface area contributed by atoms with Crippen LogP contribution in [-0.2, 0) is 29.5 Å². The Kier molecular flexibility index (Phi) is 12.7. The Morgan fingerprint density at radius 2 is 1.21 bits per heavy atom. The second-order valence-corrected chi connectivity index (χ2v) is 15.8. The SMILES string of the molecule is Cc1ccc(C(OC(=O)C[C@H](C(=O)N(C)C)N(C)C(=O)[C@H](C(C)C)N(C)C(=O)OCC2c3ccccc3-c3ccccc32)(c2ccccc2)c2ccccc2Cl)cc1. The first-order chi connectivity index (χ1) is 27.8. The number of carbonyl (C=O) groups excluding carboxylic acids is 4. The number of benzene rings is 5. The van der Waals surface area contributed by atoms with Crippen LogP contribution in [0.1, 0.15) is 59.6 Å². The Morgan fingerprint density at radius 3 is 1.78 bits per heavy atom. The van der Waals surface area contributed by atoms with Gasteiger partial charge in [-0.3, -0.25) is 19.3 Å². The number of amides is 3. The summed E-state index contributed by atoms with van der Waals surface area (Å²) in [6, 6.07) is 38.0. The molecule has 5 aromatic carbocycles. The maximum atomic E-state index is 14.5. The number of esters is 1. The number of likely N-dealkylation sites (N-methyl/N-ethyl adjacent to an activating group) is 3. The molecule has 0 saturated heterocycles. The van der Waals surface area contributed by atoms with Gasteiger partial charge in [0.05, 0.1) is 6.42 Å². The number of halogens is 1. The minimum absolute atomic E-state index is 0.0786. The average Bonchev–Trinajstić information content (AvgIpc) is 3.54. The third-order valence-corrected chi connectivity index (χ3v) is 11.3. The summed E-state index contributed by atoms with van der Waals surface area (Å²) in [5.41, 5.74) is 5.67. The van der Waals surface area contributed by atoms with Gasteiger partial charge < -0.3 is 19.3 Å². The first-order valence-corrected chi connectivity index (χ1v) is 19.8. The van der Waals surface area contributed by atoms with Crippen molar-refractivity contribution in [3.05, 3.63) is 166 Å². The van der Waals surface area contributed by atoms with E-state index in [1.165, 1.54) is 28.8 Å². The quantitative estimate of drug-likeness (QED) is 0.0874. The Bertz CT molecular complexity index is 2230. The Balaban J connectivity index is 1.27. The number of fused-ring (bicyclic) bond motifs is 3. The van der Waals surface area contributed by atoms with E-state index in [-0.39, 0.29) is 18.4 Å². The highest BCUT2D eigenvalue weighted by atomic mass is 35.5. The molecule has 0 aliphatic heterocycles. The van der Waals surface area contributed by atoms with Crippen LogP contribution in [-0.4, -0.2) is 85.5 Å². The van der Waals surface area contributed by atoms with Crippen molar-refractivity contribution in [1.29, 1.82) is 0 Å². The number of ether oxygens (including phenoxy) is 2. The van der Waals surface area contributed by atoms with Crippen molar-refractivity contribution in [2.45, 2.75) is 50.8 Å². The second-order valence-electron chi connectivity index (χ2n) is 15.4. The van der Waals surface area contributed by atoms with Gasteiger partial charge in [0.1, 0.15) is 18.7 Å². The molecule has 0 bridgehead atoms. The second kappa shape index (κ2) is 17.7. The molecule has 1 aliphatic rings. The van der Waals surface area contributed by atoms with E-state index in [1.54, 1.807) is 26.2 Å². The highest BCUT2D eigenvalue weighted by Crippen LogP contribution is 2.45. The van der Waals surface area contributed by atoms with Crippen molar-refractivity contribution in [3.8, 4) is 11.1 Å². The smallest absolute Gasteiger partial charge is 0.410 e. The molecule has 0 spiro atoms. The number of carbonyl (C=O) groups is 4. The van der Waals surface area contributed by atoms with Gasteiger partial charge >= 0.3 is 12.1 Å². The van der Waals surface area contributed by atoms with E-state index in [1.807, 2.05) is 124 Å². The van der Waals surface area contributed by atoms with Gasteiger partial charge in [-0.2, -0.15) is 0 Å². The molecule has 9 nitrogen and oxygen atoms in total. The van der Waals surface area contributed by atoms with Crippen LogP contribution in [0, 0.1) is 12.8 Å². The third kappa shape index (κ3) is 8.23. The highest BCUT2D eigenvalue weighted by molar-refractivity contribution is 6.31. The van der Waals surface area contributed by atoms with E-state index in [4.69, 9.17) is 21.1 Å². The van der Waals surface area contributed by atoms with Gasteiger partial charge in [-0.25, -0.2) is 4.79 Å². The number of rotatable bonds is 13. The number of hydrogen-bond acceptors (Lipinski definition) is 6. The molecule has 300 valence electrons. The minimum Gasteiger partial charge on any atom is -0.448 e. The minimum atomic E-state index is -1.51.